The van der Waals surface area contributed by atoms with E-state index in [1.54, 1.807) is 23.0 Å². The number of carbonyl (C=O) groups excluding carboxylic acids is 1. The Kier molecular flexibility index (Phi) is 5.83. The Morgan fingerprint density at radius 1 is 1.21 bits per heavy atom. The summed E-state index contributed by atoms with van der Waals surface area (Å²) in [7, 11) is 1.28. The van der Waals surface area contributed by atoms with Gasteiger partial charge in [0.25, 0.3) is 5.91 Å². The van der Waals surface area contributed by atoms with Crippen molar-refractivity contribution in [2.45, 2.75) is 13.2 Å². The van der Waals surface area contributed by atoms with Gasteiger partial charge in [-0.2, -0.15) is 13.9 Å². The van der Waals surface area contributed by atoms with Crippen LogP contribution in [0.4, 0.5) is 18.9 Å². The van der Waals surface area contributed by atoms with Gasteiger partial charge in [-0.1, -0.05) is 12.1 Å². The van der Waals surface area contributed by atoms with Crippen LogP contribution >= 0.6 is 0 Å². The molecule has 1 amide bonds. The number of alkyl halides is 2. The van der Waals surface area contributed by atoms with E-state index in [4.69, 9.17) is 4.74 Å². The molecular weight excluding hydrogens is 375 g/mol. The van der Waals surface area contributed by atoms with Crippen LogP contribution in [0, 0.1) is 5.82 Å². The monoisotopic (exact) mass is 391 g/mol. The first-order valence-electron chi connectivity index (χ1n) is 8.15. The number of nitrogens with one attached hydrogen (secondary N) is 1. The topological polar surface area (TPSA) is 65.4 Å². The van der Waals surface area contributed by atoms with Crippen LogP contribution in [0.25, 0.3) is 0 Å². The summed E-state index contributed by atoms with van der Waals surface area (Å²) in [6.45, 7) is -2.67. The number of hydrogen-bond acceptors (Lipinski definition) is 4. The molecule has 146 valence electrons. The molecule has 0 spiro atoms. The Balaban J connectivity index is 1.69. The van der Waals surface area contributed by atoms with Crippen LogP contribution in [0.15, 0.2) is 54.9 Å². The molecule has 0 bridgehead atoms. The smallest absolute Gasteiger partial charge is 0.387 e. The molecule has 1 N–H and O–H groups in total. The molecule has 0 saturated carbocycles. The number of hydrogen-bond donors (Lipinski definition) is 1. The highest BCUT2D eigenvalue weighted by Gasteiger charge is 2.15. The second-order valence-electron chi connectivity index (χ2n) is 5.75. The van der Waals surface area contributed by atoms with E-state index >= 15 is 0 Å². The van der Waals surface area contributed by atoms with Gasteiger partial charge in [-0.15, -0.1) is 0 Å². The lowest BCUT2D eigenvalue weighted by Gasteiger charge is -2.11. The molecule has 2 aromatic carbocycles. The first-order valence-corrected chi connectivity index (χ1v) is 8.15. The zero-order valence-electron chi connectivity index (χ0n) is 14.7. The minimum Gasteiger partial charge on any atom is -0.493 e. The average Bonchev–Trinajstić information content (AvgIpc) is 3.08. The number of nitrogens with zero attached hydrogens (tertiary/aromatic N) is 2. The van der Waals surface area contributed by atoms with Gasteiger partial charge < -0.3 is 14.8 Å². The predicted molar refractivity (Wildman–Crippen MR) is 95.3 cm³/mol. The predicted octanol–water partition coefficient (Wildman–Crippen LogP) is 3.93. The summed E-state index contributed by atoms with van der Waals surface area (Å²) in [4.78, 5) is 12.4. The van der Waals surface area contributed by atoms with Gasteiger partial charge in [0.1, 0.15) is 5.82 Å². The normalized spacial score (nSPS) is 10.8. The van der Waals surface area contributed by atoms with Gasteiger partial charge in [0.2, 0.25) is 0 Å². The summed E-state index contributed by atoms with van der Waals surface area (Å²) in [6.07, 6.45) is 3.04. The molecule has 0 radical (unpaired) electrons. The minimum absolute atomic E-state index is 0.00903. The third kappa shape index (κ3) is 4.81. The van der Waals surface area contributed by atoms with Crippen LogP contribution in [-0.4, -0.2) is 29.4 Å². The van der Waals surface area contributed by atoms with Gasteiger partial charge in [0, 0.05) is 11.8 Å². The fourth-order valence-electron chi connectivity index (χ4n) is 2.54. The number of amides is 1. The average molecular weight is 391 g/mol. The molecule has 0 aliphatic heterocycles. The van der Waals surface area contributed by atoms with Crippen molar-refractivity contribution in [1.82, 2.24) is 9.78 Å². The van der Waals surface area contributed by atoms with Crippen molar-refractivity contribution in [3.8, 4) is 11.5 Å². The molecule has 1 aromatic heterocycles. The van der Waals surface area contributed by atoms with Crippen molar-refractivity contribution in [2.75, 3.05) is 12.4 Å². The molecule has 28 heavy (non-hydrogen) atoms. The van der Waals surface area contributed by atoms with Gasteiger partial charge in [-0.25, -0.2) is 4.39 Å². The fraction of sp³-hybridized carbons (Fsp3) is 0.158. The first kappa shape index (κ1) is 19.3. The van der Waals surface area contributed by atoms with Crippen LogP contribution in [0.2, 0.25) is 0 Å². The Morgan fingerprint density at radius 2 is 2.04 bits per heavy atom. The SMILES string of the molecule is COc1cc(C(=O)Nc2cnn(Cc3cccc(F)c3)c2)ccc1OC(F)F. The van der Waals surface area contributed by atoms with Gasteiger partial charge in [0.15, 0.2) is 11.5 Å². The zero-order chi connectivity index (χ0) is 20.1. The van der Waals surface area contributed by atoms with Crippen molar-refractivity contribution in [2.24, 2.45) is 0 Å². The lowest BCUT2D eigenvalue weighted by atomic mass is 10.2. The lowest BCUT2D eigenvalue weighted by molar-refractivity contribution is -0.0512. The van der Waals surface area contributed by atoms with E-state index < -0.39 is 12.5 Å². The molecule has 3 rings (SSSR count). The molecule has 0 aliphatic rings. The maximum absolute atomic E-state index is 13.2. The summed E-state index contributed by atoms with van der Waals surface area (Å²) in [5, 5.41) is 6.77. The molecule has 1 heterocycles. The molecular formula is C19H16F3N3O3. The molecule has 6 nitrogen and oxygen atoms in total. The van der Waals surface area contributed by atoms with Crippen LogP contribution in [0.5, 0.6) is 11.5 Å². The van der Waals surface area contributed by atoms with Gasteiger partial charge in [-0.3, -0.25) is 9.48 Å². The quantitative estimate of drug-likeness (QED) is 0.663. The van der Waals surface area contributed by atoms with Crippen molar-refractivity contribution in [1.29, 1.82) is 0 Å². The number of rotatable bonds is 7. The maximum atomic E-state index is 13.2. The van der Waals surface area contributed by atoms with Crippen molar-refractivity contribution in [3.05, 3.63) is 71.8 Å². The Labute approximate surface area is 158 Å². The number of aromatic nitrogens is 2. The van der Waals surface area contributed by atoms with Crippen LogP contribution < -0.4 is 14.8 Å². The van der Waals surface area contributed by atoms with E-state index in [2.05, 4.69) is 15.2 Å². The fourth-order valence-corrected chi connectivity index (χ4v) is 2.54. The molecule has 0 aliphatic carbocycles. The Bertz CT molecular complexity index is 976. The van der Waals surface area contributed by atoms with Crippen LogP contribution in [0.1, 0.15) is 15.9 Å². The highest BCUT2D eigenvalue weighted by Crippen LogP contribution is 2.29. The molecule has 0 fully saturated rings. The van der Waals surface area contributed by atoms with E-state index in [1.807, 2.05) is 0 Å². The third-order valence-corrected chi connectivity index (χ3v) is 3.77. The summed E-state index contributed by atoms with van der Waals surface area (Å²) >= 11 is 0. The summed E-state index contributed by atoms with van der Waals surface area (Å²) < 4.78 is 48.9. The van der Waals surface area contributed by atoms with E-state index in [1.165, 1.54) is 43.6 Å². The highest BCUT2D eigenvalue weighted by atomic mass is 19.3. The van der Waals surface area contributed by atoms with Crippen molar-refractivity contribution in [3.63, 3.8) is 0 Å². The zero-order valence-corrected chi connectivity index (χ0v) is 14.7. The van der Waals surface area contributed by atoms with E-state index in [0.717, 1.165) is 5.56 Å². The number of halogens is 3. The van der Waals surface area contributed by atoms with E-state index in [9.17, 15) is 18.0 Å². The van der Waals surface area contributed by atoms with Crippen molar-refractivity contribution < 1.29 is 27.4 Å². The number of anilines is 1. The number of ether oxygens (including phenoxy) is 2. The van der Waals surface area contributed by atoms with Crippen LogP contribution in [0.3, 0.4) is 0 Å². The molecule has 0 unspecified atom stereocenters. The second-order valence-corrected chi connectivity index (χ2v) is 5.75. The summed E-state index contributed by atoms with van der Waals surface area (Å²) in [6, 6.07) is 9.98. The largest absolute Gasteiger partial charge is 0.493 e. The minimum atomic E-state index is -3.00. The third-order valence-electron chi connectivity index (χ3n) is 3.77. The number of benzene rings is 2. The van der Waals surface area contributed by atoms with E-state index in [-0.39, 0.29) is 22.9 Å². The molecule has 3 aromatic rings. The van der Waals surface area contributed by atoms with Crippen molar-refractivity contribution >= 4 is 11.6 Å². The number of carbonyl (C=O) groups is 1. The number of methoxy groups -OCH3 is 1. The van der Waals surface area contributed by atoms with Gasteiger partial charge >= 0.3 is 6.61 Å². The Morgan fingerprint density at radius 3 is 2.75 bits per heavy atom. The Hall–Kier alpha value is -3.49. The molecule has 0 atom stereocenters. The standard InChI is InChI=1S/C19H16F3N3O3/c1-27-17-8-13(5-6-16(17)28-19(21)22)18(26)24-15-9-23-25(11-15)10-12-3-2-4-14(20)7-12/h2-9,11,19H,10H2,1H3,(H,24,26). The first-order chi connectivity index (χ1) is 13.4. The van der Waals surface area contributed by atoms with Gasteiger partial charge in [0.05, 0.1) is 25.5 Å². The maximum Gasteiger partial charge on any atom is 0.387 e. The highest BCUT2D eigenvalue weighted by molar-refractivity contribution is 6.04. The summed E-state index contributed by atoms with van der Waals surface area (Å²) in [5.74, 6) is -0.981. The summed E-state index contributed by atoms with van der Waals surface area (Å²) in [5.41, 5.74) is 1.34. The lowest BCUT2D eigenvalue weighted by Crippen LogP contribution is -2.12. The van der Waals surface area contributed by atoms with E-state index in [0.29, 0.717) is 12.2 Å². The second kappa shape index (κ2) is 8.47. The molecule has 0 saturated heterocycles. The van der Waals surface area contributed by atoms with Gasteiger partial charge in [-0.05, 0) is 35.9 Å². The molecule has 9 heteroatoms. The van der Waals surface area contributed by atoms with Crippen LogP contribution in [-0.2, 0) is 6.54 Å².